The van der Waals surface area contributed by atoms with Crippen molar-refractivity contribution < 1.29 is 22.5 Å². The van der Waals surface area contributed by atoms with Crippen LogP contribution in [-0.2, 0) is 22.5 Å². The molecule has 5 nitrogen and oxygen atoms in total. The molecule has 0 aliphatic heterocycles. The summed E-state index contributed by atoms with van der Waals surface area (Å²) in [7, 11) is -3.33. The predicted molar refractivity (Wildman–Crippen MR) is 98.5 cm³/mol. The van der Waals surface area contributed by atoms with E-state index in [1.165, 1.54) is 32.1 Å². The topological polar surface area (TPSA) is 54.0 Å². The smallest absolute Gasteiger partial charge is 0.452 e. The third-order valence-electron chi connectivity index (χ3n) is 4.00. The van der Waals surface area contributed by atoms with Crippen LogP contribution in [0.25, 0.3) is 0 Å². The normalized spacial score (nSPS) is 13.0. The van der Waals surface area contributed by atoms with Crippen molar-refractivity contribution in [1.29, 1.82) is 0 Å². The van der Waals surface area contributed by atoms with Gasteiger partial charge in [-0.15, -0.1) is 0 Å². The summed E-state index contributed by atoms with van der Waals surface area (Å²) in [6.45, 7) is 11.1. The highest BCUT2D eigenvalue weighted by Crippen LogP contribution is 2.21. The summed E-state index contributed by atoms with van der Waals surface area (Å²) in [5.41, 5.74) is 0. The number of hydrogen-bond acceptors (Lipinski definition) is 5. The molecule has 1 atom stereocenters. The highest BCUT2D eigenvalue weighted by molar-refractivity contribution is 6.55. The standard InChI is InChI=1S/C18H38O5Si/c1-6-11-12-13-14-17(7-2)15-16-18(19)23-24(20-8-3,21-9-4)22-10-5/h17H,6-16H2,1-5H3. The van der Waals surface area contributed by atoms with Crippen LogP contribution >= 0.6 is 0 Å². The molecule has 1 unspecified atom stereocenters. The molecule has 6 heteroatoms. The largest absolute Gasteiger partial charge is 0.751 e. The monoisotopic (exact) mass is 362 g/mol. The van der Waals surface area contributed by atoms with Gasteiger partial charge in [0.05, 0.1) is 0 Å². The van der Waals surface area contributed by atoms with Gasteiger partial charge >= 0.3 is 9.05 Å². The molecule has 0 aromatic rings. The lowest BCUT2D eigenvalue weighted by atomic mass is 9.94. The average molecular weight is 363 g/mol. The van der Waals surface area contributed by atoms with Crippen molar-refractivity contribution in [1.82, 2.24) is 0 Å². The summed E-state index contributed by atoms with van der Waals surface area (Å²) in [5, 5.41) is 0. The number of unbranched alkanes of at least 4 members (excludes halogenated alkanes) is 3. The van der Waals surface area contributed by atoms with Crippen LogP contribution in [0.15, 0.2) is 0 Å². The molecule has 0 aromatic carbocycles. The maximum Gasteiger partial charge on any atom is 0.751 e. The second kappa shape index (κ2) is 14.9. The third kappa shape index (κ3) is 10.4. The van der Waals surface area contributed by atoms with Crippen molar-refractivity contribution in [2.75, 3.05) is 19.8 Å². The number of rotatable bonds is 16. The van der Waals surface area contributed by atoms with Crippen LogP contribution in [-0.4, -0.2) is 34.8 Å². The van der Waals surface area contributed by atoms with Crippen molar-refractivity contribution in [3.8, 4) is 0 Å². The van der Waals surface area contributed by atoms with Crippen molar-refractivity contribution in [2.24, 2.45) is 5.92 Å². The quantitative estimate of drug-likeness (QED) is 0.290. The summed E-state index contributed by atoms with van der Waals surface area (Å²) in [6.07, 6.45) is 8.62. The molecule has 0 aliphatic rings. The van der Waals surface area contributed by atoms with E-state index in [-0.39, 0.29) is 5.97 Å². The fraction of sp³-hybridized carbons (Fsp3) is 0.944. The van der Waals surface area contributed by atoms with E-state index in [1.54, 1.807) is 0 Å². The summed E-state index contributed by atoms with van der Waals surface area (Å²) in [6, 6.07) is 0. The van der Waals surface area contributed by atoms with Gasteiger partial charge in [-0.05, 0) is 33.1 Å². The van der Waals surface area contributed by atoms with Gasteiger partial charge < -0.3 is 17.7 Å². The Labute approximate surface area is 149 Å². The molecule has 0 heterocycles. The van der Waals surface area contributed by atoms with E-state index >= 15 is 0 Å². The van der Waals surface area contributed by atoms with Crippen LogP contribution in [0.1, 0.15) is 86.0 Å². The van der Waals surface area contributed by atoms with E-state index in [0.29, 0.717) is 32.2 Å². The van der Waals surface area contributed by atoms with Gasteiger partial charge in [-0.25, -0.2) is 0 Å². The number of carbonyl (C=O) groups is 1. The summed E-state index contributed by atoms with van der Waals surface area (Å²) in [4.78, 5) is 12.3. The predicted octanol–water partition coefficient (Wildman–Crippen LogP) is 4.85. The molecule has 0 aliphatic carbocycles. The Hall–Kier alpha value is -0.433. The minimum atomic E-state index is -3.33. The summed E-state index contributed by atoms with van der Waals surface area (Å²) >= 11 is 0. The molecule has 0 fully saturated rings. The first-order valence-electron chi connectivity index (χ1n) is 9.70. The molecule has 0 radical (unpaired) electrons. The van der Waals surface area contributed by atoms with E-state index in [2.05, 4.69) is 13.8 Å². The van der Waals surface area contributed by atoms with Gasteiger partial charge in [-0.2, -0.15) is 0 Å². The zero-order valence-electron chi connectivity index (χ0n) is 16.4. The maximum atomic E-state index is 12.3. The highest BCUT2D eigenvalue weighted by Gasteiger charge is 2.49. The molecule has 0 saturated heterocycles. The highest BCUT2D eigenvalue weighted by atomic mass is 28.4. The van der Waals surface area contributed by atoms with E-state index in [9.17, 15) is 4.79 Å². The second-order valence-corrected chi connectivity index (χ2v) is 8.01. The summed E-state index contributed by atoms with van der Waals surface area (Å²) < 4.78 is 22.2. The lowest BCUT2D eigenvalue weighted by molar-refractivity contribution is -0.145. The van der Waals surface area contributed by atoms with E-state index in [4.69, 9.17) is 17.7 Å². The van der Waals surface area contributed by atoms with Gasteiger partial charge in [0, 0.05) is 26.2 Å². The van der Waals surface area contributed by atoms with Gasteiger partial charge in [0.1, 0.15) is 0 Å². The molecule has 0 amide bonds. The van der Waals surface area contributed by atoms with Crippen molar-refractivity contribution in [3.05, 3.63) is 0 Å². The van der Waals surface area contributed by atoms with Gasteiger partial charge in [0.25, 0.3) is 5.97 Å². The maximum absolute atomic E-state index is 12.3. The molecule has 0 N–H and O–H groups in total. The van der Waals surface area contributed by atoms with Crippen LogP contribution < -0.4 is 0 Å². The van der Waals surface area contributed by atoms with Crippen LogP contribution in [0.5, 0.6) is 0 Å². The molecule has 0 rings (SSSR count). The second-order valence-electron chi connectivity index (χ2n) is 5.94. The first-order valence-corrected chi connectivity index (χ1v) is 11.3. The van der Waals surface area contributed by atoms with Crippen LogP contribution in [0.2, 0.25) is 0 Å². The first kappa shape index (κ1) is 23.6. The molecule has 0 spiro atoms. The Balaban J connectivity index is 4.38. The van der Waals surface area contributed by atoms with Gasteiger partial charge in [-0.1, -0.05) is 52.4 Å². The number of hydrogen-bond donors (Lipinski definition) is 0. The molecule has 24 heavy (non-hydrogen) atoms. The van der Waals surface area contributed by atoms with E-state index in [0.717, 1.165) is 12.8 Å². The van der Waals surface area contributed by atoms with Crippen molar-refractivity contribution in [3.63, 3.8) is 0 Å². The van der Waals surface area contributed by atoms with Crippen molar-refractivity contribution in [2.45, 2.75) is 86.0 Å². The molecule has 0 bridgehead atoms. The number of carbonyl (C=O) groups excluding carboxylic acids is 1. The van der Waals surface area contributed by atoms with E-state index in [1.807, 2.05) is 20.8 Å². The summed E-state index contributed by atoms with van der Waals surface area (Å²) in [5.74, 6) is 0.306. The molecular weight excluding hydrogens is 324 g/mol. The van der Waals surface area contributed by atoms with Gasteiger partial charge in [0.15, 0.2) is 0 Å². The lowest BCUT2D eigenvalue weighted by Crippen LogP contribution is -2.50. The van der Waals surface area contributed by atoms with Gasteiger partial charge in [-0.3, -0.25) is 4.79 Å². The minimum Gasteiger partial charge on any atom is -0.452 e. The van der Waals surface area contributed by atoms with E-state index < -0.39 is 9.05 Å². The first-order chi connectivity index (χ1) is 11.6. The molecule has 0 saturated carbocycles. The Morgan fingerprint density at radius 3 is 1.88 bits per heavy atom. The Morgan fingerprint density at radius 1 is 0.833 bits per heavy atom. The fourth-order valence-electron chi connectivity index (χ4n) is 2.67. The SMILES string of the molecule is CCCCCCC(CC)CCC(=O)O[Si](OCC)(OCC)OCC. The average Bonchev–Trinajstić information content (AvgIpc) is 2.55. The van der Waals surface area contributed by atoms with Crippen molar-refractivity contribution >= 4 is 15.0 Å². The van der Waals surface area contributed by atoms with Crippen LogP contribution in [0, 0.1) is 5.92 Å². The van der Waals surface area contributed by atoms with Crippen LogP contribution in [0.4, 0.5) is 0 Å². The zero-order valence-corrected chi connectivity index (χ0v) is 17.4. The Morgan fingerprint density at radius 2 is 1.42 bits per heavy atom. The molecule has 0 aromatic heterocycles. The Kier molecular flexibility index (Phi) is 14.6. The van der Waals surface area contributed by atoms with Gasteiger partial charge in [0.2, 0.25) is 0 Å². The third-order valence-corrected chi connectivity index (χ3v) is 6.41. The fourth-order valence-corrected chi connectivity index (χ4v) is 4.54. The Bertz CT molecular complexity index is 295. The van der Waals surface area contributed by atoms with Crippen LogP contribution in [0.3, 0.4) is 0 Å². The minimum absolute atomic E-state index is 0.274. The molecular formula is C18H38O5Si. The molecule has 144 valence electrons. The lowest BCUT2D eigenvalue weighted by Gasteiger charge is -2.26. The zero-order chi connectivity index (χ0) is 18.3.